The third kappa shape index (κ3) is 5.93. The number of benzene rings is 2. The van der Waals surface area contributed by atoms with Crippen molar-refractivity contribution in [2.75, 3.05) is 25.2 Å². The number of aromatic nitrogens is 1. The molecule has 0 saturated carbocycles. The zero-order valence-corrected chi connectivity index (χ0v) is 21.3. The molecule has 3 atom stereocenters. The topological polar surface area (TPSA) is 110 Å². The summed E-state index contributed by atoms with van der Waals surface area (Å²) in [5, 5.41) is 11.6. The Bertz CT molecular complexity index is 1350. The van der Waals surface area contributed by atoms with Crippen molar-refractivity contribution in [3.05, 3.63) is 77.4 Å². The second-order valence-electron chi connectivity index (χ2n) is 8.74. The molecule has 1 aliphatic rings. The molecule has 2 heterocycles. The maximum atomic E-state index is 15.3. The van der Waals surface area contributed by atoms with Crippen LogP contribution in [0, 0.1) is 11.6 Å². The highest BCUT2D eigenvalue weighted by Gasteiger charge is 2.50. The number of amides is 2. The van der Waals surface area contributed by atoms with Crippen molar-refractivity contribution in [2.45, 2.75) is 31.5 Å². The summed E-state index contributed by atoms with van der Waals surface area (Å²) in [6.45, 7) is -1.83. The van der Waals surface area contributed by atoms with Crippen LogP contribution >= 0.6 is 0 Å². The molecule has 0 aliphatic carbocycles. The molecule has 9 nitrogen and oxygen atoms in total. The van der Waals surface area contributed by atoms with Crippen molar-refractivity contribution in [3.8, 4) is 17.4 Å². The number of halogens is 4. The number of aliphatic hydroxyl groups is 1. The Balaban J connectivity index is 1.72. The molecular formula is C27H25F4N3O6. The molecule has 1 aromatic heterocycles. The Morgan fingerprint density at radius 1 is 1.10 bits per heavy atom. The fourth-order valence-corrected chi connectivity index (χ4v) is 4.60. The largest absolute Gasteiger partial charge is 0.497 e. The fourth-order valence-electron chi connectivity index (χ4n) is 4.60. The van der Waals surface area contributed by atoms with Gasteiger partial charge in [-0.25, -0.2) is 8.78 Å². The molecule has 1 aliphatic heterocycles. The lowest BCUT2D eigenvalue weighted by molar-refractivity contribution is -0.118. The summed E-state index contributed by atoms with van der Waals surface area (Å²) >= 11 is 0. The number of methoxy groups -OCH3 is 1. The minimum atomic E-state index is -3.06. The number of hydrogen-bond donors (Lipinski definition) is 2. The van der Waals surface area contributed by atoms with Gasteiger partial charge in [-0.05, 0) is 37.3 Å². The van der Waals surface area contributed by atoms with Crippen LogP contribution in [0.2, 0.25) is 0 Å². The number of alkyl halides is 2. The summed E-state index contributed by atoms with van der Waals surface area (Å²) in [4.78, 5) is 32.3. The van der Waals surface area contributed by atoms with Gasteiger partial charge in [-0.1, -0.05) is 6.07 Å². The van der Waals surface area contributed by atoms with E-state index >= 15 is 8.78 Å². The van der Waals surface area contributed by atoms with E-state index in [-0.39, 0.29) is 42.0 Å². The van der Waals surface area contributed by atoms with Crippen LogP contribution in [0.25, 0.3) is 0 Å². The van der Waals surface area contributed by atoms with Crippen molar-refractivity contribution < 1.29 is 46.5 Å². The van der Waals surface area contributed by atoms with Crippen LogP contribution in [0.15, 0.2) is 54.6 Å². The molecule has 0 radical (unpaired) electrons. The van der Waals surface area contributed by atoms with Crippen LogP contribution in [0.3, 0.4) is 0 Å². The van der Waals surface area contributed by atoms with E-state index in [1.54, 1.807) is 13.0 Å². The minimum Gasteiger partial charge on any atom is -0.497 e. The number of hydrogen-bond acceptors (Lipinski definition) is 7. The quantitative estimate of drug-likeness (QED) is 0.363. The second-order valence-corrected chi connectivity index (χ2v) is 8.74. The Labute approximate surface area is 226 Å². The molecule has 2 N–H and O–H groups in total. The number of nitrogens with zero attached hydrogens (tertiary/aromatic N) is 2. The van der Waals surface area contributed by atoms with E-state index in [1.165, 1.54) is 36.3 Å². The van der Waals surface area contributed by atoms with E-state index in [0.29, 0.717) is 0 Å². The van der Waals surface area contributed by atoms with Crippen LogP contribution in [-0.2, 0) is 4.79 Å². The molecule has 2 amide bonds. The van der Waals surface area contributed by atoms with E-state index in [9.17, 15) is 18.4 Å². The average molecular weight is 564 g/mol. The van der Waals surface area contributed by atoms with Gasteiger partial charge in [0, 0.05) is 41.3 Å². The normalized spacial score (nSPS) is 18.6. The molecule has 3 aromatic rings. The molecule has 1 fully saturated rings. The zero-order chi connectivity index (χ0) is 29.0. The van der Waals surface area contributed by atoms with Crippen LogP contribution < -0.4 is 24.4 Å². The Morgan fingerprint density at radius 2 is 1.77 bits per heavy atom. The zero-order valence-electron chi connectivity index (χ0n) is 21.3. The monoisotopic (exact) mass is 563 g/mol. The summed E-state index contributed by atoms with van der Waals surface area (Å²) in [6, 6.07) is 8.85. The first kappa shape index (κ1) is 28.6. The van der Waals surface area contributed by atoms with Gasteiger partial charge in [-0.3, -0.25) is 14.5 Å². The van der Waals surface area contributed by atoms with E-state index in [0.717, 1.165) is 24.3 Å². The van der Waals surface area contributed by atoms with Crippen molar-refractivity contribution in [1.82, 2.24) is 10.3 Å². The average Bonchev–Trinajstić information content (AvgIpc) is 3.15. The van der Waals surface area contributed by atoms with Gasteiger partial charge in [0.15, 0.2) is 0 Å². The van der Waals surface area contributed by atoms with Crippen molar-refractivity contribution in [1.29, 1.82) is 0 Å². The maximum absolute atomic E-state index is 15.3. The number of pyridine rings is 1. The van der Waals surface area contributed by atoms with Gasteiger partial charge in [0.2, 0.25) is 5.88 Å². The van der Waals surface area contributed by atoms with Crippen molar-refractivity contribution in [2.24, 2.45) is 0 Å². The van der Waals surface area contributed by atoms with Crippen molar-refractivity contribution >= 4 is 17.6 Å². The van der Waals surface area contributed by atoms with E-state index < -0.39 is 53.6 Å². The van der Waals surface area contributed by atoms with Crippen LogP contribution in [0.1, 0.15) is 28.8 Å². The summed E-state index contributed by atoms with van der Waals surface area (Å²) in [5.41, 5.74) is -0.449. The highest BCUT2D eigenvalue weighted by molar-refractivity contribution is 6.05. The predicted molar refractivity (Wildman–Crippen MR) is 134 cm³/mol. The van der Waals surface area contributed by atoms with E-state index in [4.69, 9.17) is 14.6 Å². The first-order valence-electron chi connectivity index (χ1n) is 12.1. The first-order valence-corrected chi connectivity index (χ1v) is 12.1. The third-order valence-corrected chi connectivity index (χ3v) is 6.34. The van der Waals surface area contributed by atoms with Gasteiger partial charge in [0.1, 0.15) is 41.6 Å². The second kappa shape index (κ2) is 12.2. The molecule has 0 spiro atoms. The fraction of sp³-hybridized carbons (Fsp3) is 0.296. The molecular weight excluding hydrogens is 538 g/mol. The lowest BCUT2D eigenvalue weighted by Gasteiger charge is -2.25. The third-order valence-electron chi connectivity index (χ3n) is 6.34. The molecule has 0 bridgehead atoms. The Morgan fingerprint density at radius 3 is 2.38 bits per heavy atom. The van der Waals surface area contributed by atoms with Crippen LogP contribution in [0.4, 0.5) is 23.4 Å². The summed E-state index contributed by atoms with van der Waals surface area (Å²) in [6.07, 6.45) is 0. The van der Waals surface area contributed by atoms with Gasteiger partial charge < -0.3 is 24.6 Å². The highest BCUT2D eigenvalue weighted by atomic mass is 19.3. The summed E-state index contributed by atoms with van der Waals surface area (Å²) in [5.74, 6) is -4.73. The standard InChI is InChI=1S/C27H25F4N3O6/c1-14-22(23-18(28)12-17(38-2)13-19(23)29)24(33-25(36)15-6-8-16(9-7-15)40-27(30)31)26(37)34(14)20-4-3-5-21(32-20)39-11-10-35/h3-9,12-14,22,24,27,35H,10-11H2,1-2H3,(H,33,36)/t14-,22-,24?/m0/s1. The van der Waals surface area contributed by atoms with Gasteiger partial charge in [0.25, 0.3) is 11.8 Å². The van der Waals surface area contributed by atoms with Crippen LogP contribution in [-0.4, -0.2) is 60.9 Å². The van der Waals surface area contributed by atoms with Gasteiger partial charge in [0.05, 0.1) is 13.7 Å². The van der Waals surface area contributed by atoms with Gasteiger partial charge in [-0.15, -0.1) is 0 Å². The lowest BCUT2D eigenvalue weighted by Crippen LogP contribution is -2.44. The molecule has 1 saturated heterocycles. The summed E-state index contributed by atoms with van der Waals surface area (Å²) in [7, 11) is 1.25. The highest BCUT2D eigenvalue weighted by Crippen LogP contribution is 2.40. The molecule has 1 unspecified atom stereocenters. The minimum absolute atomic E-state index is 0.00697. The number of rotatable bonds is 10. The SMILES string of the molecule is COc1cc(F)c([C@H]2C(NC(=O)c3ccc(OC(F)F)cc3)C(=O)N(c3cccc(OCCO)n3)[C@H]2C)c(F)c1. The van der Waals surface area contributed by atoms with E-state index in [1.807, 2.05) is 0 Å². The molecule has 40 heavy (non-hydrogen) atoms. The smallest absolute Gasteiger partial charge is 0.387 e. The maximum Gasteiger partial charge on any atom is 0.387 e. The first-order chi connectivity index (χ1) is 19.1. The Kier molecular flexibility index (Phi) is 8.73. The molecule has 212 valence electrons. The molecule has 2 aromatic carbocycles. The number of anilines is 1. The number of ether oxygens (including phenoxy) is 3. The summed E-state index contributed by atoms with van der Waals surface area (Å²) < 4.78 is 70.0. The molecule has 13 heteroatoms. The number of carbonyl (C=O) groups is 2. The van der Waals surface area contributed by atoms with Gasteiger partial charge in [-0.2, -0.15) is 13.8 Å². The van der Waals surface area contributed by atoms with Gasteiger partial charge >= 0.3 is 6.61 Å². The van der Waals surface area contributed by atoms with Crippen LogP contribution in [0.5, 0.6) is 17.4 Å². The predicted octanol–water partition coefficient (Wildman–Crippen LogP) is 3.66. The lowest BCUT2D eigenvalue weighted by atomic mass is 9.87. The number of nitrogens with one attached hydrogen (secondary N) is 1. The number of aliphatic hydroxyl groups excluding tert-OH is 1. The molecule has 4 rings (SSSR count). The van der Waals surface area contributed by atoms with E-state index in [2.05, 4.69) is 15.0 Å². The van der Waals surface area contributed by atoms with Crippen molar-refractivity contribution in [3.63, 3.8) is 0 Å². The number of carbonyl (C=O) groups excluding carboxylic acids is 2. The Hall–Kier alpha value is -4.39.